The van der Waals surface area contributed by atoms with Gasteiger partial charge in [0.15, 0.2) is 0 Å². The number of carbonyl (C=O) groups excluding carboxylic acids is 2. The molecule has 0 bridgehead atoms. The van der Waals surface area contributed by atoms with E-state index in [9.17, 15) is 14.8 Å². The molecule has 132 valence electrons. The molecule has 0 aromatic carbocycles. The van der Waals surface area contributed by atoms with E-state index in [0.29, 0.717) is 23.8 Å². The van der Waals surface area contributed by atoms with Crippen LogP contribution in [-0.2, 0) is 22.4 Å². The van der Waals surface area contributed by atoms with E-state index in [2.05, 4.69) is 27.7 Å². The topological polar surface area (TPSA) is 107 Å². The number of unbranched alkanes of at least 4 members (excludes halogenated alkanes) is 2. The fraction of sp³-hybridized carbons (Fsp3) is 0.625. The van der Waals surface area contributed by atoms with Gasteiger partial charge >= 0.3 is 0 Å². The number of aryl methyl sites for hydroxylation is 2. The molecule has 8 heteroatoms. The third-order valence-electron chi connectivity index (χ3n) is 4.17. The van der Waals surface area contributed by atoms with E-state index in [1.54, 1.807) is 6.20 Å². The van der Waals surface area contributed by atoms with Gasteiger partial charge in [-0.25, -0.2) is 15.0 Å². The zero-order valence-corrected chi connectivity index (χ0v) is 14.0. The summed E-state index contributed by atoms with van der Waals surface area (Å²) in [7, 11) is 0. The largest absolute Gasteiger partial charge is 0.286 e. The molecule has 0 radical (unpaired) electrons. The standard InChI is InChI=1S/C16H25N5O3/c1-2-3-4-6-13(10-21(24)11-22)15(23)19-20-16-17-9-12-7-5-8-14(12)18-16/h9,11,13,24H,2-8,10H2,1H3,(H,19,23)(H,17,18,20)/t13-/m1/s1. The van der Waals surface area contributed by atoms with Gasteiger partial charge in [0.25, 0.3) is 0 Å². The molecule has 1 aromatic rings. The molecule has 8 nitrogen and oxygen atoms in total. The van der Waals surface area contributed by atoms with Crippen LogP contribution in [0.1, 0.15) is 50.3 Å². The van der Waals surface area contributed by atoms with E-state index in [1.807, 2.05) is 0 Å². The molecular formula is C16H25N5O3. The molecule has 1 atom stereocenters. The van der Waals surface area contributed by atoms with Crippen LogP contribution in [0.25, 0.3) is 0 Å². The van der Waals surface area contributed by atoms with Crippen molar-refractivity contribution >= 4 is 18.3 Å². The Morgan fingerprint density at radius 2 is 2.29 bits per heavy atom. The SMILES string of the molecule is CCCCC[C@H](CN(O)C=O)C(=O)NNc1ncc2c(n1)CCC2. The van der Waals surface area contributed by atoms with Crippen molar-refractivity contribution in [1.29, 1.82) is 0 Å². The number of nitrogens with zero attached hydrogens (tertiary/aromatic N) is 3. The van der Waals surface area contributed by atoms with Crippen molar-refractivity contribution in [2.45, 2.75) is 51.9 Å². The average molecular weight is 335 g/mol. The molecule has 1 aliphatic rings. The highest BCUT2D eigenvalue weighted by Gasteiger charge is 2.21. The summed E-state index contributed by atoms with van der Waals surface area (Å²) < 4.78 is 0. The number of hydrazine groups is 1. The Morgan fingerprint density at radius 1 is 1.46 bits per heavy atom. The summed E-state index contributed by atoms with van der Waals surface area (Å²) in [6.07, 6.45) is 8.58. The van der Waals surface area contributed by atoms with Crippen LogP contribution in [0.5, 0.6) is 0 Å². The van der Waals surface area contributed by atoms with Gasteiger partial charge in [-0.05, 0) is 31.2 Å². The molecule has 3 N–H and O–H groups in total. The van der Waals surface area contributed by atoms with Gasteiger partial charge in [-0.15, -0.1) is 0 Å². The fourth-order valence-corrected chi connectivity index (χ4v) is 2.81. The summed E-state index contributed by atoms with van der Waals surface area (Å²) in [5.74, 6) is -0.433. The van der Waals surface area contributed by atoms with Crippen molar-refractivity contribution in [3.8, 4) is 0 Å². The molecule has 1 aromatic heterocycles. The summed E-state index contributed by atoms with van der Waals surface area (Å²) in [6, 6.07) is 0. The first kappa shape index (κ1) is 18.1. The van der Waals surface area contributed by atoms with Gasteiger partial charge in [0.1, 0.15) is 0 Å². The third-order valence-corrected chi connectivity index (χ3v) is 4.17. The first-order valence-electron chi connectivity index (χ1n) is 8.45. The number of hydroxylamine groups is 2. The smallest absolute Gasteiger partial charge is 0.243 e. The zero-order chi connectivity index (χ0) is 17.4. The van der Waals surface area contributed by atoms with Crippen molar-refractivity contribution in [2.24, 2.45) is 5.92 Å². The van der Waals surface area contributed by atoms with Gasteiger partial charge in [0.2, 0.25) is 18.3 Å². The Morgan fingerprint density at radius 3 is 3.04 bits per heavy atom. The Labute approximate surface area is 141 Å². The Hall–Kier alpha value is -2.22. The summed E-state index contributed by atoms with van der Waals surface area (Å²) in [4.78, 5) is 31.5. The number of nitrogens with one attached hydrogen (secondary N) is 2. The van der Waals surface area contributed by atoms with E-state index in [-0.39, 0.29) is 12.5 Å². The molecule has 2 amide bonds. The molecular weight excluding hydrogens is 310 g/mol. The monoisotopic (exact) mass is 335 g/mol. The minimum Gasteiger partial charge on any atom is -0.286 e. The van der Waals surface area contributed by atoms with Crippen LogP contribution in [0.2, 0.25) is 0 Å². The maximum atomic E-state index is 12.3. The summed E-state index contributed by atoms with van der Waals surface area (Å²) >= 11 is 0. The van der Waals surface area contributed by atoms with Crippen LogP contribution in [0, 0.1) is 5.92 Å². The molecule has 0 fully saturated rings. The lowest BCUT2D eigenvalue weighted by Gasteiger charge is -2.19. The zero-order valence-electron chi connectivity index (χ0n) is 14.0. The highest BCUT2D eigenvalue weighted by molar-refractivity contribution is 5.80. The summed E-state index contributed by atoms with van der Waals surface area (Å²) in [5, 5.41) is 9.87. The van der Waals surface area contributed by atoms with Crippen molar-refractivity contribution in [3.63, 3.8) is 0 Å². The molecule has 0 aliphatic heterocycles. The van der Waals surface area contributed by atoms with Gasteiger partial charge in [-0.3, -0.25) is 25.6 Å². The summed E-state index contributed by atoms with van der Waals surface area (Å²) in [5.41, 5.74) is 7.48. The quantitative estimate of drug-likeness (QED) is 0.258. The van der Waals surface area contributed by atoms with E-state index in [4.69, 9.17) is 0 Å². The van der Waals surface area contributed by atoms with Crippen molar-refractivity contribution in [1.82, 2.24) is 20.5 Å². The van der Waals surface area contributed by atoms with Crippen molar-refractivity contribution < 1.29 is 14.8 Å². The molecule has 0 saturated heterocycles. The number of aromatic nitrogens is 2. The predicted molar refractivity (Wildman–Crippen MR) is 88.0 cm³/mol. The summed E-state index contributed by atoms with van der Waals surface area (Å²) in [6.45, 7) is 2.04. The Kier molecular flexibility index (Phi) is 6.92. The van der Waals surface area contributed by atoms with Gasteiger partial charge in [-0.2, -0.15) is 0 Å². The predicted octanol–water partition coefficient (Wildman–Crippen LogP) is 1.45. The van der Waals surface area contributed by atoms with E-state index in [0.717, 1.165) is 49.8 Å². The first-order valence-corrected chi connectivity index (χ1v) is 8.45. The third kappa shape index (κ3) is 5.16. The maximum Gasteiger partial charge on any atom is 0.243 e. The lowest BCUT2D eigenvalue weighted by Crippen LogP contribution is -2.40. The van der Waals surface area contributed by atoms with Crippen molar-refractivity contribution in [3.05, 3.63) is 17.5 Å². The number of hydrogen-bond acceptors (Lipinski definition) is 6. The molecule has 1 heterocycles. The number of amides is 2. The van der Waals surface area contributed by atoms with Crippen LogP contribution < -0.4 is 10.9 Å². The number of rotatable bonds is 10. The number of carbonyl (C=O) groups is 2. The van der Waals surface area contributed by atoms with E-state index >= 15 is 0 Å². The lowest BCUT2D eigenvalue weighted by atomic mass is 10.0. The molecule has 0 saturated carbocycles. The second-order valence-corrected chi connectivity index (χ2v) is 6.05. The van der Waals surface area contributed by atoms with Gasteiger partial charge in [0.05, 0.1) is 12.5 Å². The number of fused-ring (bicyclic) bond motifs is 1. The fourth-order valence-electron chi connectivity index (χ4n) is 2.81. The molecule has 1 aliphatic carbocycles. The second kappa shape index (κ2) is 9.17. The van der Waals surface area contributed by atoms with E-state index in [1.165, 1.54) is 0 Å². The van der Waals surface area contributed by atoms with Gasteiger partial charge in [0, 0.05) is 11.9 Å². The maximum absolute atomic E-state index is 12.3. The molecule has 0 unspecified atom stereocenters. The van der Waals surface area contributed by atoms with Crippen molar-refractivity contribution in [2.75, 3.05) is 12.0 Å². The Balaban J connectivity index is 1.89. The first-order chi connectivity index (χ1) is 11.6. The van der Waals surface area contributed by atoms with Crippen LogP contribution in [-0.4, -0.2) is 39.1 Å². The van der Waals surface area contributed by atoms with Gasteiger partial charge < -0.3 is 0 Å². The molecule has 0 spiro atoms. The lowest BCUT2D eigenvalue weighted by molar-refractivity contribution is -0.154. The van der Waals surface area contributed by atoms with Crippen LogP contribution in [0.15, 0.2) is 6.20 Å². The molecule has 24 heavy (non-hydrogen) atoms. The number of hydrogen-bond donors (Lipinski definition) is 3. The van der Waals surface area contributed by atoms with Crippen LogP contribution in [0.4, 0.5) is 5.95 Å². The van der Waals surface area contributed by atoms with Crippen LogP contribution >= 0.6 is 0 Å². The molecule has 2 rings (SSSR count). The highest BCUT2D eigenvalue weighted by atomic mass is 16.5. The normalized spacial score (nSPS) is 13.9. The number of anilines is 1. The van der Waals surface area contributed by atoms with Crippen LogP contribution in [0.3, 0.4) is 0 Å². The Bertz CT molecular complexity index is 567. The minimum atomic E-state index is -0.492. The second-order valence-electron chi connectivity index (χ2n) is 6.05. The average Bonchev–Trinajstić information content (AvgIpc) is 3.06. The van der Waals surface area contributed by atoms with Gasteiger partial charge in [-0.1, -0.05) is 26.2 Å². The minimum absolute atomic E-state index is 0.0359. The van der Waals surface area contributed by atoms with E-state index < -0.39 is 5.92 Å². The highest BCUT2D eigenvalue weighted by Crippen LogP contribution is 2.19.